The predicted octanol–water partition coefficient (Wildman–Crippen LogP) is 6.33. The van der Waals surface area contributed by atoms with Gasteiger partial charge in [-0.1, -0.05) is 0 Å². The van der Waals surface area contributed by atoms with Gasteiger partial charge in [0.2, 0.25) is 0 Å². The molecule has 1 nitrogen and oxygen atoms in total. The Balaban J connectivity index is 1.94. The molecular weight excluding hydrogens is 417 g/mol. The molecule has 154 valence electrons. The number of aryl methyl sites for hydroxylation is 1. The molecule has 0 amide bonds. The summed E-state index contributed by atoms with van der Waals surface area (Å²) in [5, 5.41) is 12.4. The quantitative estimate of drug-likeness (QED) is 0.307. The normalized spacial score (nSPS) is 12.5. The fourth-order valence-corrected chi connectivity index (χ4v) is 10.4. The molecule has 0 spiro atoms. The second-order valence-electron chi connectivity index (χ2n) is 7.82. The Labute approximate surface area is 189 Å². The van der Waals surface area contributed by atoms with Crippen molar-refractivity contribution in [3.8, 4) is 6.07 Å². The third kappa shape index (κ3) is 4.03. The number of hydrogen-bond donors (Lipinski definition) is 0. The van der Waals surface area contributed by atoms with E-state index in [0.29, 0.717) is 6.42 Å². The third-order valence-electron chi connectivity index (χ3n) is 5.91. The van der Waals surface area contributed by atoms with Gasteiger partial charge in [0.1, 0.15) is 0 Å². The molecule has 4 aromatic carbocycles. The van der Waals surface area contributed by atoms with E-state index in [0.717, 1.165) is 12.6 Å². The van der Waals surface area contributed by atoms with Crippen molar-refractivity contribution < 1.29 is 0 Å². The van der Waals surface area contributed by atoms with Crippen LogP contribution in [-0.4, -0.2) is 0 Å². The zero-order valence-electron chi connectivity index (χ0n) is 17.4. The summed E-state index contributed by atoms with van der Waals surface area (Å²) in [7, 11) is 0. The Bertz CT molecular complexity index is 1070. The molecular formula is C28H25ClNP. The van der Waals surface area contributed by atoms with Gasteiger partial charge in [-0.05, 0) is 0 Å². The summed E-state index contributed by atoms with van der Waals surface area (Å²) >= 11 is 8.12. The predicted molar refractivity (Wildman–Crippen MR) is 135 cm³/mol. The summed E-state index contributed by atoms with van der Waals surface area (Å²) in [6, 6.07) is 42.5. The first-order valence-electron chi connectivity index (χ1n) is 10.5. The molecule has 0 aliphatic carbocycles. The van der Waals surface area contributed by atoms with E-state index in [4.69, 9.17) is 16.5 Å². The van der Waals surface area contributed by atoms with Gasteiger partial charge in [0.25, 0.3) is 0 Å². The van der Waals surface area contributed by atoms with Crippen LogP contribution in [0.3, 0.4) is 0 Å². The van der Waals surface area contributed by atoms with Crippen LogP contribution >= 0.6 is 17.2 Å². The fraction of sp³-hybridized carbons (Fsp3) is 0.107. The molecule has 4 rings (SSSR count). The molecule has 0 fully saturated rings. The summed E-state index contributed by atoms with van der Waals surface area (Å²) in [5.41, 5.74) is 2.38. The number of halogens is 1. The number of hydrogen-bond acceptors (Lipinski definition) is 1. The third-order valence-corrected chi connectivity index (χ3v) is 13.1. The SMILES string of the molecule is N#CCCc1ccc(CP(Cl)(c2ccccc2)(c2ccccc2)c2ccccc2)cc1. The first-order chi connectivity index (χ1) is 15.1. The van der Waals surface area contributed by atoms with Gasteiger partial charge < -0.3 is 0 Å². The van der Waals surface area contributed by atoms with E-state index < -0.39 is 5.96 Å². The summed E-state index contributed by atoms with van der Waals surface area (Å²) in [6.45, 7) is 0. The second-order valence-corrected chi connectivity index (χ2v) is 14.3. The average Bonchev–Trinajstić information content (AvgIpc) is 2.85. The van der Waals surface area contributed by atoms with Crippen molar-refractivity contribution in [1.29, 1.82) is 5.26 Å². The van der Waals surface area contributed by atoms with Crippen LogP contribution in [0.15, 0.2) is 115 Å². The van der Waals surface area contributed by atoms with E-state index in [9.17, 15) is 0 Å². The summed E-state index contributed by atoms with van der Waals surface area (Å²) in [6.07, 6.45) is 2.04. The van der Waals surface area contributed by atoms with Gasteiger partial charge in [-0.2, -0.15) is 0 Å². The van der Waals surface area contributed by atoms with Gasteiger partial charge in [0.15, 0.2) is 0 Å². The van der Waals surface area contributed by atoms with Crippen LogP contribution in [0.25, 0.3) is 0 Å². The Morgan fingerprint density at radius 2 is 0.968 bits per heavy atom. The van der Waals surface area contributed by atoms with Gasteiger partial charge in [-0.3, -0.25) is 0 Å². The molecule has 0 aliphatic rings. The summed E-state index contributed by atoms with van der Waals surface area (Å²) < 4.78 is 0. The van der Waals surface area contributed by atoms with E-state index in [1.54, 1.807) is 0 Å². The molecule has 0 N–H and O–H groups in total. The molecule has 0 aromatic heterocycles. The molecule has 3 heteroatoms. The summed E-state index contributed by atoms with van der Waals surface area (Å²) in [4.78, 5) is 0. The summed E-state index contributed by atoms with van der Waals surface area (Å²) in [5.74, 6) is -3.30. The van der Waals surface area contributed by atoms with Crippen molar-refractivity contribution >= 4 is 33.1 Å². The first-order valence-corrected chi connectivity index (χ1v) is 13.8. The number of nitrogens with zero attached hydrogens (tertiary/aromatic N) is 1. The first kappa shape index (κ1) is 21.3. The molecule has 0 atom stereocenters. The molecule has 0 aliphatic heterocycles. The van der Waals surface area contributed by atoms with Crippen molar-refractivity contribution in [3.63, 3.8) is 0 Å². The van der Waals surface area contributed by atoms with Gasteiger partial charge in [-0.15, -0.1) is 0 Å². The number of rotatable bonds is 7. The van der Waals surface area contributed by atoms with E-state index in [1.807, 2.05) is 18.2 Å². The van der Waals surface area contributed by atoms with Gasteiger partial charge in [0.05, 0.1) is 0 Å². The molecule has 0 heterocycles. The van der Waals surface area contributed by atoms with Crippen molar-refractivity contribution in [2.75, 3.05) is 0 Å². The molecule has 0 saturated heterocycles. The van der Waals surface area contributed by atoms with Crippen LogP contribution in [0.4, 0.5) is 0 Å². The Hall–Kier alpha value is -2.91. The molecule has 0 radical (unpaired) electrons. The van der Waals surface area contributed by atoms with E-state index >= 15 is 0 Å². The standard InChI is InChI=1S/C28H25ClNP/c29-31(26-12-4-1-5-13-26,27-14-6-2-7-15-27,28-16-8-3-9-17-28)23-25-20-18-24(19-21-25)11-10-22-30/h1-9,12-21H,10-11,23H2. The molecule has 0 saturated carbocycles. The maximum atomic E-state index is 8.88. The van der Waals surface area contributed by atoms with Crippen LogP contribution < -0.4 is 15.9 Å². The van der Waals surface area contributed by atoms with Crippen LogP contribution in [0.5, 0.6) is 0 Å². The molecule has 4 aromatic rings. The van der Waals surface area contributed by atoms with E-state index in [2.05, 4.69) is 103 Å². The van der Waals surface area contributed by atoms with E-state index in [-0.39, 0.29) is 0 Å². The van der Waals surface area contributed by atoms with Gasteiger partial charge in [0, 0.05) is 0 Å². The topological polar surface area (TPSA) is 23.8 Å². The zero-order chi connectivity index (χ0) is 21.6. The van der Waals surface area contributed by atoms with Crippen LogP contribution in [0.2, 0.25) is 0 Å². The average molecular weight is 442 g/mol. The zero-order valence-corrected chi connectivity index (χ0v) is 19.0. The second kappa shape index (κ2) is 9.07. The Morgan fingerprint density at radius 1 is 0.581 bits per heavy atom. The minimum absolute atomic E-state index is 0.534. The van der Waals surface area contributed by atoms with Crippen molar-refractivity contribution in [2.45, 2.75) is 19.0 Å². The van der Waals surface area contributed by atoms with Crippen LogP contribution in [0.1, 0.15) is 17.5 Å². The van der Waals surface area contributed by atoms with Gasteiger partial charge in [-0.25, -0.2) is 0 Å². The Morgan fingerprint density at radius 3 is 1.35 bits per heavy atom. The molecule has 0 unspecified atom stereocenters. The fourth-order valence-electron chi connectivity index (χ4n) is 4.29. The van der Waals surface area contributed by atoms with E-state index in [1.165, 1.54) is 27.0 Å². The molecule has 0 bridgehead atoms. The maximum absolute atomic E-state index is 8.88. The van der Waals surface area contributed by atoms with Crippen LogP contribution in [0, 0.1) is 11.3 Å². The van der Waals surface area contributed by atoms with Crippen molar-refractivity contribution in [3.05, 3.63) is 126 Å². The monoisotopic (exact) mass is 441 g/mol. The van der Waals surface area contributed by atoms with Crippen molar-refractivity contribution in [2.24, 2.45) is 0 Å². The minimum atomic E-state index is -3.30. The van der Waals surface area contributed by atoms with Gasteiger partial charge >= 0.3 is 190 Å². The number of nitriles is 1. The van der Waals surface area contributed by atoms with Crippen molar-refractivity contribution in [1.82, 2.24) is 0 Å². The Kier molecular flexibility index (Phi) is 6.24. The molecule has 31 heavy (non-hydrogen) atoms. The van der Waals surface area contributed by atoms with Crippen LogP contribution in [-0.2, 0) is 12.6 Å². The number of benzene rings is 4.